The Hall–Kier alpha value is -1.47. The molecule has 0 aliphatic carbocycles. The first kappa shape index (κ1) is 18.9. The summed E-state index contributed by atoms with van der Waals surface area (Å²) in [4.78, 5) is 11.8. The molecule has 1 amide bonds. The van der Waals surface area contributed by atoms with Crippen LogP contribution in [0.2, 0.25) is 0 Å². The van der Waals surface area contributed by atoms with Gasteiger partial charge >= 0.3 is 0 Å². The molecule has 1 N–H and O–H groups in total. The summed E-state index contributed by atoms with van der Waals surface area (Å²) in [7, 11) is -3.17. The van der Waals surface area contributed by atoms with Gasteiger partial charge in [0.15, 0.2) is 0 Å². The van der Waals surface area contributed by atoms with Gasteiger partial charge in [-0.05, 0) is 43.4 Å². The van der Waals surface area contributed by atoms with Crippen molar-refractivity contribution >= 4 is 15.9 Å². The largest absolute Gasteiger partial charge is 0.352 e. The summed E-state index contributed by atoms with van der Waals surface area (Å²) >= 11 is 0. The van der Waals surface area contributed by atoms with Gasteiger partial charge in [-0.1, -0.05) is 18.6 Å². The highest BCUT2D eigenvalue weighted by Gasteiger charge is 2.23. The number of sulfonamides is 1. The lowest BCUT2D eigenvalue weighted by Gasteiger charge is -2.25. The average molecular weight is 356 g/mol. The third kappa shape index (κ3) is 6.20. The number of piperidine rings is 1. The van der Waals surface area contributed by atoms with Crippen LogP contribution >= 0.6 is 0 Å². The topological polar surface area (TPSA) is 66.5 Å². The molecule has 1 aliphatic rings. The van der Waals surface area contributed by atoms with E-state index in [0.717, 1.165) is 24.8 Å². The molecular formula is C17H25FN2O3S. The van der Waals surface area contributed by atoms with Crippen molar-refractivity contribution in [2.75, 3.05) is 18.8 Å². The lowest BCUT2D eigenvalue weighted by Crippen LogP contribution is -2.37. The molecule has 7 heteroatoms. The summed E-state index contributed by atoms with van der Waals surface area (Å²) in [5.41, 5.74) is 0.831. The number of amides is 1. The van der Waals surface area contributed by atoms with Crippen LogP contribution in [0.1, 0.15) is 44.1 Å². The Balaban J connectivity index is 1.62. The molecular weight excluding hydrogens is 331 g/mol. The van der Waals surface area contributed by atoms with E-state index in [4.69, 9.17) is 0 Å². The smallest absolute Gasteiger partial charge is 0.220 e. The van der Waals surface area contributed by atoms with Gasteiger partial charge in [-0.2, -0.15) is 0 Å². The minimum absolute atomic E-state index is 0.109. The number of hydrogen-bond donors (Lipinski definition) is 1. The van der Waals surface area contributed by atoms with Gasteiger partial charge < -0.3 is 5.32 Å². The maximum atomic E-state index is 12.8. The fraction of sp³-hybridized carbons (Fsp3) is 0.588. The summed E-state index contributed by atoms with van der Waals surface area (Å²) in [5, 5.41) is 2.76. The predicted octanol–water partition coefficient (Wildman–Crippen LogP) is 2.43. The first-order valence-corrected chi connectivity index (χ1v) is 10.1. The molecule has 2 rings (SSSR count). The summed E-state index contributed by atoms with van der Waals surface area (Å²) in [6, 6.07) is 5.96. The molecule has 0 spiro atoms. The maximum Gasteiger partial charge on any atom is 0.220 e. The highest BCUT2D eigenvalue weighted by atomic mass is 32.2. The summed E-state index contributed by atoms with van der Waals surface area (Å²) in [6.07, 6.45) is 4.30. The van der Waals surface area contributed by atoms with Gasteiger partial charge in [0.1, 0.15) is 5.82 Å². The van der Waals surface area contributed by atoms with Crippen LogP contribution in [0.5, 0.6) is 0 Å². The second-order valence-electron chi connectivity index (χ2n) is 6.14. The summed E-state index contributed by atoms with van der Waals surface area (Å²) in [5.74, 6) is -0.312. The molecule has 0 unspecified atom stereocenters. The number of halogens is 1. The molecule has 24 heavy (non-hydrogen) atoms. The van der Waals surface area contributed by atoms with Crippen molar-refractivity contribution in [1.82, 2.24) is 9.62 Å². The number of carbonyl (C=O) groups is 1. The molecule has 0 aromatic heterocycles. The number of unbranched alkanes of at least 4 members (excludes halogenated alkanes) is 1. The van der Waals surface area contributed by atoms with E-state index in [1.165, 1.54) is 12.1 Å². The van der Waals surface area contributed by atoms with Crippen LogP contribution < -0.4 is 5.32 Å². The van der Waals surface area contributed by atoms with Crippen LogP contribution in [0, 0.1) is 5.82 Å². The fourth-order valence-electron chi connectivity index (χ4n) is 2.73. The van der Waals surface area contributed by atoms with E-state index in [2.05, 4.69) is 5.32 Å². The predicted molar refractivity (Wildman–Crippen MR) is 91.3 cm³/mol. The molecule has 0 bridgehead atoms. The van der Waals surface area contributed by atoms with E-state index in [1.54, 1.807) is 16.4 Å². The van der Waals surface area contributed by atoms with Crippen LogP contribution in [0.15, 0.2) is 24.3 Å². The zero-order chi connectivity index (χ0) is 17.4. The lowest BCUT2D eigenvalue weighted by molar-refractivity contribution is -0.121. The highest BCUT2D eigenvalue weighted by molar-refractivity contribution is 7.89. The van der Waals surface area contributed by atoms with E-state index >= 15 is 0 Å². The van der Waals surface area contributed by atoms with Crippen molar-refractivity contribution in [3.05, 3.63) is 35.6 Å². The van der Waals surface area contributed by atoms with Crippen molar-refractivity contribution in [1.29, 1.82) is 0 Å². The molecule has 1 heterocycles. The van der Waals surface area contributed by atoms with E-state index < -0.39 is 10.0 Å². The van der Waals surface area contributed by atoms with E-state index in [9.17, 15) is 17.6 Å². The first-order chi connectivity index (χ1) is 11.5. The summed E-state index contributed by atoms with van der Waals surface area (Å²) < 4.78 is 38.7. The standard InChI is InChI=1S/C17H25FN2O3S/c18-16-9-7-15(8-10-16)14-19-17(21)6-2-5-13-24(22,23)20-11-3-1-4-12-20/h7-10H,1-6,11-14H2,(H,19,21). The van der Waals surface area contributed by atoms with Crippen LogP contribution in [0.4, 0.5) is 4.39 Å². The number of nitrogens with zero attached hydrogens (tertiary/aromatic N) is 1. The Bertz CT molecular complexity index is 626. The number of hydrogen-bond acceptors (Lipinski definition) is 3. The fourth-order valence-corrected chi connectivity index (χ4v) is 4.38. The second-order valence-corrected chi connectivity index (χ2v) is 8.22. The van der Waals surface area contributed by atoms with Crippen LogP contribution in [-0.2, 0) is 21.4 Å². The van der Waals surface area contributed by atoms with Crippen molar-refractivity contribution < 1.29 is 17.6 Å². The van der Waals surface area contributed by atoms with Gasteiger partial charge in [-0.25, -0.2) is 17.1 Å². The molecule has 0 saturated carbocycles. The SMILES string of the molecule is O=C(CCCCS(=O)(=O)N1CCCCC1)NCc1ccc(F)cc1. The zero-order valence-corrected chi connectivity index (χ0v) is 14.7. The van der Waals surface area contributed by atoms with Gasteiger partial charge in [-0.15, -0.1) is 0 Å². The quantitative estimate of drug-likeness (QED) is 0.728. The monoisotopic (exact) mass is 356 g/mol. The van der Waals surface area contributed by atoms with Gasteiger partial charge in [-0.3, -0.25) is 4.79 Å². The van der Waals surface area contributed by atoms with Crippen LogP contribution in [0.25, 0.3) is 0 Å². The minimum atomic E-state index is -3.17. The molecule has 1 fully saturated rings. The van der Waals surface area contributed by atoms with Crippen molar-refractivity contribution in [2.45, 2.75) is 45.1 Å². The summed E-state index contributed by atoms with van der Waals surface area (Å²) in [6.45, 7) is 1.60. The zero-order valence-electron chi connectivity index (χ0n) is 13.8. The van der Waals surface area contributed by atoms with Gasteiger partial charge in [0.05, 0.1) is 5.75 Å². The first-order valence-electron chi connectivity index (χ1n) is 8.46. The molecule has 1 aromatic carbocycles. The molecule has 1 aliphatic heterocycles. The van der Waals surface area contributed by atoms with Gasteiger partial charge in [0, 0.05) is 26.1 Å². The van der Waals surface area contributed by atoms with Crippen LogP contribution in [-0.4, -0.2) is 37.5 Å². The van der Waals surface area contributed by atoms with Crippen molar-refractivity contribution in [2.24, 2.45) is 0 Å². The number of carbonyl (C=O) groups excluding carboxylic acids is 1. The Morgan fingerprint density at radius 3 is 2.42 bits per heavy atom. The third-order valence-electron chi connectivity index (χ3n) is 4.17. The number of nitrogens with one attached hydrogen (secondary N) is 1. The number of benzene rings is 1. The molecule has 1 aromatic rings. The maximum absolute atomic E-state index is 12.8. The van der Waals surface area contributed by atoms with Crippen LogP contribution in [0.3, 0.4) is 0 Å². The molecule has 134 valence electrons. The molecule has 0 atom stereocenters. The van der Waals surface area contributed by atoms with Gasteiger partial charge in [0.25, 0.3) is 0 Å². The van der Waals surface area contributed by atoms with Gasteiger partial charge in [0.2, 0.25) is 15.9 Å². The highest BCUT2D eigenvalue weighted by Crippen LogP contribution is 2.14. The van der Waals surface area contributed by atoms with Crippen molar-refractivity contribution in [3.8, 4) is 0 Å². The van der Waals surface area contributed by atoms with E-state index in [-0.39, 0.29) is 17.5 Å². The Labute approximate surface area is 143 Å². The Kier molecular flexibility index (Phi) is 7.17. The third-order valence-corrected chi connectivity index (χ3v) is 6.12. The Morgan fingerprint density at radius 1 is 1.08 bits per heavy atom. The lowest BCUT2D eigenvalue weighted by atomic mass is 10.2. The molecule has 0 radical (unpaired) electrons. The second kappa shape index (κ2) is 9.13. The van der Waals surface area contributed by atoms with E-state index in [0.29, 0.717) is 38.9 Å². The molecule has 5 nitrogen and oxygen atoms in total. The normalized spacial score (nSPS) is 16.0. The Morgan fingerprint density at radius 2 is 1.75 bits per heavy atom. The van der Waals surface area contributed by atoms with Crippen molar-refractivity contribution in [3.63, 3.8) is 0 Å². The van der Waals surface area contributed by atoms with E-state index in [1.807, 2.05) is 0 Å². The molecule has 1 saturated heterocycles. The minimum Gasteiger partial charge on any atom is -0.352 e. The number of rotatable bonds is 8. The average Bonchev–Trinajstić information content (AvgIpc) is 2.59.